The molecular formula is C13H19N3O3. The lowest BCUT2D eigenvalue weighted by atomic mass is 10.3. The zero-order valence-corrected chi connectivity index (χ0v) is 11.3. The lowest BCUT2D eigenvalue weighted by molar-refractivity contribution is -0.135. The number of hydrogen-bond donors (Lipinski definition) is 1. The molecule has 0 spiro atoms. The number of amides is 2. The van der Waals surface area contributed by atoms with Crippen molar-refractivity contribution in [3.05, 3.63) is 30.1 Å². The van der Waals surface area contributed by atoms with Gasteiger partial charge >= 0.3 is 0 Å². The molecule has 0 radical (unpaired) electrons. The van der Waals surface area contributed by atoms with E-state index in [9.17, 15) is 9.59 Å². The van der Waals surface area contributed by atoms with E-state index in [1.807, 2.05) is 12.1 Å². The zero-order chi connectivity index (χ0) is 14.1. The van der Waals surface area contributed by atoms with Gasteiger partial charge in [-0.05, 0) is 12.1 Å². The summed E-state index contributed by atoms with van der Waals surface area (Å²) in [5.41, 5.74) is 0.752. The van der Waals surface area contributed by atoms with Crippen LogP contribution in [0.1, 0.15) is 12.6 Å². The van der Waals surface area contributed by atoms with Crippen LogP contribution in [-0.2, 0) is 20.9 Å². The van der Waals surface area contributed by atoms with Gasteiger partial charge < -0.3 is 15.0 Å². The second-order valence-electron chi connectivity index (χ2n) is 4.04. The fourth-order valence-corrected chi connectivity index (χ4v) is 1.49. The number of rotatable bonds is 7. The molecule has 0 aliphatic rings. The van der Waals surface area contributed by atoms with Crippen LogP contribution in [0.15, 0.2) is 24.4 Å². The molecule has 1 aromatic heterocycles. The van der Waals surface area contributed by atoms with Gasteiger partial charge in [-0.25, -0.2) is 0 Å². The van der Waals surface area contributed by atoms with Crippen LogP contribution in [0.5, 0.6) is 0 Å². The van der Waals surface area contributed by atoms with Crippen molar-refractivity contribution in [2.75, 3.05) is 26.8 Å². The summed E-state index contributed by atoms with van der Waals surface area (Å²) in [4.78, 5) is 28.7. The highest BCUT2D eigenvalue weighted by molar-refractivity contribution is 5.83. The standard InChI is InChI=1S/C13H19N3O3/c1-11(17)16(9-12-5-3-4-6-14-12)10-13(18)15-7-8-19-2/h3-6H,7-10H2,1-2H3,(H,15,18). The van der Waals surface area contributed by atoms with E-state index in [-0.39, 0.29) is 18.4 Å². The predicted molar refractivity (Wildman–Crippen MR) is 70.2 cm³/mol. The monoisotopic (exact) mass is 265 g/mol. The third-order valence-electron chi connectivity index (χ3n) is 2.49. The van der Waals surface area contributed by atoms with E-state index < -0.39 is 0 Å². The quantitative estimate of drug-likeness (QED) is 0.715. The van der Waals surface area contributed by atoms with Gasteiger partial charge in [0.25, 0.3) is 0 Å². The van der Waals surface area contributed by atoms with E-state index in [0.717, 1.165) is 5.69 Å². The van der Waals surface area contributed by atoms with Crippen molar-refractivity contribution in [1.29, 1.82) is 0 Å². The highest BCUT2D eigenvalue weighted by atomic mass is 16.5. The van der Waals surface area contributed by atoms with Crippen LogP contribution in [0.4, 0.5) is 0 Å². The summed E-state index contributed by atoms with van der Waals surface area (Å²) in [6.07, 6.45) is 1.66. The molecule has 1 N–H and O–H groups in total. The third kappa shape index (κ3) is 5.96. The average molecular weight is 265 g/mol. The highest BCUT2D eigenvalue weighted by Crippen LogP contribution is 2.01. The molecule has 0 bridgehead atoms. The topological polar surface area (TPSA) is 71.5 Å². The molecule has 0 atom stereocenters. The van der Waals surface area contributed by atoms with Gasteiger partial charge in [-0.2, -0.15) is 0 Å². The fourth-order valence-electron chi connectivity index (χ4n) is 1.49. The second-order valence-corrected chi connectivity index (χ2v) is 4.04. The summed E-state index contributed by atoms with van der Waals surface area (Å²) < 4.78 is 4.84. The molecule has 0 aliphatic carbocycles. The van der Waals surface area contributed by atoms with E-state index >= 15 is 0 Å². The summed E-state index contributed by atoms with van der Waals surface area (Å²) in [6, 6.07) is 5.47. The van der Waals surface area contributed by atoms with Crippen molar-refractivity contribution < 1.29 is 14.3 Å². The van der Waals surface area contributed by atoms with Crippen LogP contribution in [0.25, 0.3) is 0 Å². The van der Waals surface area contributed by atoms with Crippen molar-refractivity contribution in [2.24, 2.45) is 0 Å². The predicted octanol–water partition coefficient (Wildman–Crippen LogP) is 0.193. The van der Waals surface area contributed by atoms with Crippen molar-refractivity contribution in [3.8, 4) is 0 Å². The smallest absolute Gasteiger partial charge is 0.239 e. The molecule has 0 aliphatic heterocycles. The Morgan fingerprint density at radius 2 is 2.21 bits per heavy atom. The van der Waals surface area contributed by atoms with Crippen molar-refractivity contribution in [1.82, 2.24) is 15.2 Å². The first kappa shape index (κ1) is 15.1. The van der Waals surface area contributed by atoms with Gasteiger partial charge in [0.1, 0.15) is 0 Å². The molecule has 1 heterocycles. The molecule has 0 aromatic carbocycles. The van der Waals surface area contributed by atoms with Crippen molar-refractivity contribution in [3.63, 3.8) is 0 Å². The van der Waals surface area contributed by atoms with Crippen molar-refractivity contribution in [2.45, 2.75) is 13.5 Å². The number of hydrogen-bond acceptors (Lipinski definition) is 4. The average Bonchev–Trinajstić information content (AvgIpc) is 2.39. The largest absolute Gasteiger partial charge is 0.383 e. The molecule has 1 aromatic rings. The van der Waals surface area contributed by atoms with Gasteiger partial charge in [0, 0.05) is 26.8 Å². The van der Waals surface area contributed by atoms with E-state index in [1.165, 1.54) is 11.8 Å². The number of carbonyl (C=O) groups excluding carboxylic acids is 2. The first-order valence-corrected chi connectivity index (χ1v) is 6.04. The van der Waals surface area contributed by atoms with E-state index in [4.69, 9.17) is 4.74 Å². The van der Waals surface area contributed by atoms with Gasteiger partial charge in [0.05, 0.1) is 25.4 Å². The Hall–Kier alpha value is -1.95. The first-order chi connectivity index (χ1) is 9.13. The Morgan fingerprint density at radius 3 is 2.79 bits per heavy atom. The van der Waals surface area contributed by atoms with Crippen LogP contribution in [0.3, 0.4) is 0 Å². The normalized spacial score (nSPS) is 10.0. The molecule has 19 heavy (non-hydrogen) atoms. The molecule has 0 unspecified atom stereocenters. The van der Waals surface area contributed by atoms with E-state index in [0.29, 0.717) is 19.7 Å². The summed E-state index contributed by atoms with van der Waals surface area (Å²) in [5.74, 6) is -0.365. The molecule has 1 rings (SSSR count). The second kappa shape index (κ2) is 8.20. The summed E-state index contributed by atoms with van der Waals surface area (Å²) >= 11 is 0. The Balaban J connectivity index is 2.49. The zero-order valence-electron chi connectivity index (χ0n) is 11.3. The molecule has 0 fully saturated rings. The highest BCUT2D eigenvalue weighted by Gasteiger charge is 2.14. The number of carbonyl (C=O) groups is 2. The maximum atomic E-state index is 11.6. The Kier molecular flexibility index (Phi) is 6.52. The van der Waals surface area contributed by atoms with Crippen LogP contribution in [0, 0.1) is 0 Å². The SMILES string of the molecule is COCCNC(=O)CN(Cc1ccccn1)C(C)=O. The summed E-state index contributed by atoms with van der Waals surface area (Å²) in [5, 5.41) is 2.68. The lowest BCUT2D eigenvalue weighted by Gasteiger charge is -2.20. The van der Waals surface area contributed by atoms with E-state index in [2.05, 4.69) is 10.3 Å². The molecule has 6 nitrogen and oxygen atoms in total. The minimum atomic E-state index is -0.205. The Morgan fingerprint density at radius 1 is 1.42 bits per heavy atom. The Bertz CT molecular complexity index is 409. The van der Waals surface area contributed by atoms with Gasteiger partial charge in [-0.1, -0.05) is 6.07 Å². The molecular weight excluding hydrogens is 246 g/mol. The van der Waals surface area contributed by atoms with Crippen LogP contribution in [0.2, 0.25) is 0 Å². The molecule has 0 saturated heterocycles. The van der Waals surface area contributed by atoms with E-state index in [1.54, 1.807) is 19.4 Å². The fraction of sp³-hybridized carbons (Fsp3) is 0.462. The third-order valence-corrected chi connectivity index (χ3v) is 2.49. The Labute approximate surface area is 112 Å². The van der Waals surface area contributed by atoms with Gasteiger partial charge in [0.2, 0.25) is 11.8 Å². The minimum absolute atomic E-state index is 0.0234. The number of pyridine rings is 1. The molecule has 104 valence electrons. The summed E-state index contributed by atoms with van der Waals surface area (Å²) in [6.45, 7) is 2.67. The number of nitrogens with zero attached hydrogens (tertiary/aromatic N) is 2. The number of methoxy groups -OCH3 is 1. The van der Waals surface area contributed by atoms with Crippen molar-refractivity contribution >= 4 is 11.8 Å². The number of nitrogens with one attached hydrogen (secondary N) is 1. The molecule has 2 amide bonds. The minimum Gasteiger partial charge on any atom is -0.383 e. The van der Waals surface area contributed by atoms with Crippen LogP contribution < -0.4 is 5.32 Å². The number of aromatic nitrogens is 1. The van der Waals surface area contributed by atoms with Gasteiger partial charge in [-0.3, -0.25) is 14.6 Å². The maximum Gasteiger partial charge on any atom is 0.239 e. The number of ether oxygens (including phenoxy) is 1. The lowest BCUT2D eigenvalue weighted by Crippen LogP contribution is -2.40. The molecule has 0 saturated carbocycles. The first-order valence-electron chi connectivity index (χ1n) is 6.04. The van der Waals surface area contributed by atoms with Gasteiger partial charge in [0.15, 0.2) is 0 Å². The summed E-state index contributed by atoms with van der Waals surface area (Å²) in [7, 11) is 1.56. The van der Waals surface area contributed by atoms with Gasteiger partial charge in [-0.15, -0.1) is 0 Å². The van der Waals surface area contributed by atoms with Crippen LogP contribution in [-0.4, -0.2) is 48.5 Å². The van der Waals surface area contributed by atoms with Crippen LogP contribution >= 0.6 is 0 Å². The maximum absolute atomic E-state index is 11.6. The molecule has 6 heteroatoms.